The van der Waals surface area contributed by atoms with Gasteiger partial charge in [0.2, 0.25) is 0 Å². The summed E-state index contributed by atoms with van der Waals surface area (Å²) in [6, 6.07) is 17.9. The third-order valence-corrected chi connectivity index (χ3v) is 4.14. The van der Waals surface area contributed by atoms with Gasteiger partial charge in [0, 0.05) is 18.5 Å². The maximum absolute atomic E-state index is 9.35. The summed E-state index contributed by atoms with van der Waals surface area (Å²) in [5.74, 6) is 1.46. The number of rotatable bonds is 6. The van der Waals surface area contributed by atoms with Crippen molar-refractivity contribution in [1.82, 2.24) is 10.6 Å². The molecule has 2 rings (SSSR count). The van der Waals surface area contributed by atoms with Crippen molar-refractivity contribution in [2.24, 2.45) is 4.99 Å². The number of nitrogens with one attached hydrogen (secondary N) is 2. The van der Waals surface area contributed by atoms with Gasteiger partial charge >= 0.3 is 0 Å². The molecule has 0 fully saturated rings. The zero-order valence-electron chi connectivity index (χ0n) is 15.1. The summed E-state index contributed by atoms with van der Waals surface area (Å²) >= 11 is 0. The molecule has 2 aromatic rings. The van der Waals surface area contributed by atoms with Crippen molar-refractivity contribution in [3.63, 3.8) is 0 Å². The SMILES string of the molecule is CCNC(=NCc1ccc(O)cc1)NC(C)C(C)c1ccccc1.I. The second-order valence-corrected chi connectivity index (χ2v) is 5.99. The first-order chi connectivity index (χ1) is 11.6. The smallest absolute Gasteiger partial charge is 0.191 e. The number of nitrogens with zero attached hydrogens (tertiary/aromatic N) is 1. The van der Waals surface area contributed by atoms with E-state index in [0.717, 1.165) is 18.1 Å². The molecule has 25 heavy (non-hydrogen) atoms. The van der Waals surface area contributed by atoms with Gasteiger partial charge in [-0.3, -0.25) is 0 Å². The first kappa shape index (κ1) is 21.3. The van der Waals surface area contributed by atoms with Crippen LogP contribution in [0.4, 0.5) is 0 Å². The third kappa shape index (κ3) is 6.94. The van der Waals surface area contributed by atoms with Crippen LogP contribution in [0, 0.1) is 0 Å². The summed E-state index contributed by atoms with van der Waals surface area (Å²) in [4.78, 5) is 4.64. The van der Waals surface area contributed by atoms with E-state index < -0.39 is 0 Å². The average Bonchev–Trinajstić information content (AvgIpc) is 2.61. The molecule has 0 aromatic heterocycles. The van der Waals surface area contributed by atoms with Crippen molar-refractivity contribution in [1.29, 1.82) is 0 Å². The Hall–Kier alpha value is -1.76. The van der Waals surface area contributed by atoms with Crippen LogP contribution < -0.4 is 10.6 Å². The molecule has 2 unspecified atom stereocenters. The van der Waals surface area contributed by atoms with Crippen LogP contribution in [0.1, 0.15) is 37.8 Å². The molecule has 0 saturated carbocycles. The van der Waals surface area contributed by atoms with E-state index in [1.165, 1.54) is 5.56 Å². The molecule has 0 heterocycles. The number of guanidine groups is 1. The predicted molar refractivity (Wildman–Crippen MR) is 116 cm³/mol. The van der Waals surface area contributed by atoms with Gasteiger partial charge < -0.3 is 15.7 Å². The fourth-order valence-electron chi connectivity index (χ4n) is 2.48. The van der Waals surface area contributed by atoms with Crippen LogP contribution in [0.2, 0.25) is 0 Å². The van der Waals surface area contributed by atoms with Gasteiger partial charge in [0.15, 0.2) is 5.96 Å². The van der Waals surface area contributed by atoms with Gasteiger partial charge in [0.05, 0.1) is 6.54 Å². The van der Waals surface area contributed by atoms with E-state index in [-0.39, 0.29) is 35.8 Å². The molecule has 0 aliphatic carbocycles. The Morgan fingerprint density at radius 1 is 1.04 bits per heavy atom. The maximum atomic E-state index is 9.35. The predicted octanol–water partition coefficient (Wildman–Crippen LogP) is 4.26. The molecule has 0 aliphatic rings. The molecule has 0 aliphatic heterocycles. The molecular formula is C20H28IN3O. The minimum Gasteiger partial charge on any atom is -0.508 e. The second-order valence-electron chi connectivity index (χ2n) is 5.99. The molecule has 2 atom stereocenters. The van der Waals surface area contributed by atoms with Gasteiger partial charge in [-0.1, -0.05) is 49.4 Å². The lowest BCUT2D eigenvalue weighted by atomic mass is 9.94. The fraction of sp³-hybridized carbons (Fsp3) is 0.350. The van der Waals surface area contributed by atoms with E-state index in [1.54, 1.807) is 12.1 Å². The third-order valence-electron chi connectivity index (χ3n) is 4.14. The van der Waals surface area contributed by atoms with Crippen molar-refractivity contribution < 1.29 is 5.11 Å². The lowest BCUT2D eigenvalue weighted by Gasteiger charge is -2.24. The highest BCUT2D eigenvalue weighted by molar-refractivity contribution is 14.0. The summed E-state index contributed by atoms with van der Waals surface area (Å²) in [6.07, 6.45) is 0. The lowest BCUT2D eigenvalue weighted by molar-refractivity contribution is 0.475. The zero-order chi connectivity index (χ0) is 17.4. The Morgan fingerprint density at radius 2 is 1.68 bits per heavy atom. The Bertz CT molecular complexity index is 644. The molecule has 0 spiro atoms. The van der Waals surface area contributed by atoms with E-state index in [0.29, 0.717) is 12.5 Å². The summed E-state index contributed by atoms with van der Waals surface area (Å²) in [7, 11) is 0. The van der Waals surface area contributed by atoms with Crippen LogP contribution in [0.3, 0.4) is 0 Å². The molecule has 5 heteroatoms. The molecule has 0 amide bonds. The van der Waals surface area contributed by atoms with Crippen molar-refractivity contribution >= 4 is 29.9 Å². The van der Waals surface area contributed by atoms with E-state index >= 15 is 0 Å². The largest absolute Gasteiger partial charge is 0.508 e. The van der Waals surface area contributed by atoms with Gasteiger partial charge in [-0.15, -0.1) is 24.0 Å². The van der Waals surface area contributed by atoms with Crippen molar-refractivity contribution in [2.75, 3.05) is 6.54 Å². The number of phenolic OH excluding ortho intramolecular Hbond substituents is 1. The Morgan fingerprint density at radius 3 is 2.28 bits per heavy atom. The highest BCUT2D eigenvalue weighted by atomic mass is 127. The quantitative estimate of drug-likeness (QED) is 0.348. The molecule has 0 bridgehead atoms. The Labute approximate surface area is 167 Å². The van der Waals surface area contributed by atoms with Crippen LogP contribution in [0.25, 0.3) is 0 Å². The molecule has 136 valence electrons. The number of benzene rings is 2. The molecule has 4 nitrogen and oxygen atoms in total. The standard InChI is InChI=1S/C20H27N3O.HI/c1-4-21-20(22-14-17-10-12-19(24)13-11-17)23-16(3)15(2)18-8-6-5-7-9-18;/h5-13,15-16,24H,4,14H2,1-3H3,(H2,21,22,23);1H. The van der Waals surface area contributed by atoms with Gasteiger partial charge in [-0.25, -0.2) is 4.99 Å². The van der Waals surface area contributed by atoms with Gasteiger partial charge in [-0.05, 0) is 37.1 Å². The number of aromatic hydroxyl groups is 1. The number of phenols is 1. The molecule has 0 saturated heterocycles. The van der Waals surface area contributed by atoms with Gasteiger partial charge in [0.25, 0.3) is 0 Å². The number of hydrogen-bond donors (Lipinski definition) is 3. The van der Waals surface area contributed by atoms with Crippen molar-refractivity contribution in [3.8, 4) is 5.75 Å². The topological polar surface area (TPSA) is 56.7 Å². The zero-order valence-corrected chi connectivity index (χ0v) is 17.4. The van der Waals surface area contributed by atoms with E-state index in [1.807, 2.05) is 18.2 Å². The van der Waals surface area contributed by atoms with Crippen LogP contribution in [-0.4, -0.2) is 23.7 Å². The molecular weight excluding hydrogens is 425 g/mol. The molecule has 0 radical (unpaired) electrons. The fourth-order valence-corrected chi connectivity index (χ4v) is 2.48. The molecule has 3 N–H and O–H groups in total. The first-order valence-corrected chi connectivity index (χ1v) is 8.48. The highest BCUT2D eigenvalue weighted by Gasteiger charge is 2.15. The van der Waals surface area contributed by atoms with Crippen molar-refractivity contribution in [3.05, 3.63) is 65.7 Å². The lowest BCUT2D eigenvalue weighted by Crippen LogP contribution is -2.44. The van der Waals surface area contributed by atoms with Crippen LogP contribution in [-0.2, 0) is 6.54 Å². The van der Waals surface area contributed by atoms with Crippen LogP contribution in [0.5, 0.6) is 5.75 Å². The Balaban J connectivity index is 0.00000312. The minimum atomic E-state index is 0. The highest BCUT2D eigenvalue weighted by Crippen LogP contribution is 2.18. The molecule has 2 aromatic carbocycles. The number of aliphatic imine (C=N–C) groups is 1. The summed E-state index contributed by atoms with van der Waals surface area (Å²) in [5, 5.41) is 16.1. The summed E-state index contributed by atoms with van der Waals surface area (Å²) in [6.45, 7) is 7.83. The van der Waals surface area contributed by atoms with Crippen LogP contribution in [0.15, 0.2) is 59.6 Å². The monoisotopic (exact) mass is 453 g/mol. The average molecular weight is 453 g/mol. The van der Waals surface area contributed by atoms with E-state index in [2.05, 4.69) is 60.7 Å². The maximum Gasteiger partial charge on any atom is 0.191 e. The first-order valence-electron chi connectivity index (χ1n) is 8.48. The summed E-state index contributed by atoms with van der Waals surface area (Å²) in [5.41, 5.74) is 2.38. The normalized spacial score (nSPS) is 13.5. The second kappa shape index (κ2) is 11.0. The van der Waals surface area contributed by atoms with Gasteiger partial charge in [-0.2, -0.15) is 0 Å². The van der Waals surface area contributed by atoms with Gasteiger partial charge in [0.1, 0.15) is 5.75 Å². The minimum absolute atomic E-state index is 0. The number of hydrogen-bond acceptors (Lipinski definition) is 2. The van der Waals surface area contributed by atoms with Crippen molar-refractivity contribution in [2.45, 2.75) is 39.3 Å². The summed E-state index contributed by atoms with van der Waals surface area (Å²) < 4.78 is 0. The van der Waals surface area contributed by atoms with E-state index in [9.17, 15) is 5.11 Å². The number of halogens is 1. The van der Waals surface area contributed by atoms with E-state index in [4.69, 9.17) is 0 Å². The Kier molecular flexibility index (Phi) is 9.34. The van der Waals surface area contributed by atoms with Crippen LogP contribution >= 0.6 is 24.0 Å².